The predicted octanol–water partition coefficient (Wildman–Crippen LogP) is 6.82. The van der Waals surface area contributed by atoms with Crippen LogP contribution in [0.2, 0.25) is 0 Å². The maximum atomic E-state index is 14.8. The Hall–Kier alpha value is -4.18. The lowest BCUT2D eigenvalue weighted by molar-refractivity contribution is -0.142. The Morgan fingerprint density at radius 2 is 1.36 bits per heavy atom. The van der Waals surface area contributed by atoms with Gasteiger partial charge >= 0.3 is 0 Å². The van der Waals surface area contributed by atoms with Crippen LogP contribution >= 0.6 is 0 Å². The largest absolute Gasteiger partial charge is 0.492 e. The van der Waals surface area contributed by atoms with Gasteiger partial charge < -0.3 is 36.9 Å². The van der Waals surface area contributed by atoms with Gasteiger partial charge in [-0.1, -0.05) is 104 Å². The van der Waals surface area contributed by atoms with E-state index in [0.717, 1.165) is 25.7 Å². The van der Waals surface area contributed by atoms with Crippen LogP contribution in [0.1, 0.15) is 148 Å². The quantitative estimate of drug-likeness (QED) is 0.0592. The number of benzene rings is 2. The van der Waals surface area contributed by atoms with Crippen molar-refractivity contribution in [3.8, 4) is 22.6 Å². The Morgan fingerprint density at radius 3 is 1.94 bits per heavy atom. The number of nitrogens with two attached hydrogens (primary N) is 3. The van der Waals surface area contributed by atoms with Gasteiger partial charge in [0.05, 0.1) is 23.5 Å². The van der Waals surface area contributed by atoms with E-state index in [1.165, 1.54) is 57.4 Å². The number of amides is 2. The van der Waals surface area contributed by atoms with Crippen molar-refractivity contribution in [3.63, 3.8) is 0 Å². The van der Waals surface area contributed by atoms with E-state index in [1.807, 2.05) is 6.07 Å². The van der Waals surface area contributed by atoms with E-state index in [2.05, 4.69) is 12.2 Å². The zero-order valence-corrected chi connectivity index (χ0v) is 41.4. The number of hydrogen-bond donors (Lipinski definition) is 4. The zero-order valence-electron chi connectivity index (χ0n) is 40.6. The van der Waals surface area contributed by atoms with Crippen molar-refractivity contribution in [1.82, 2.24) is 10.2 Å². The van der Waals surface area contributed by atoms with Crippen LogP contribution in [-0.2, 0) is 40.2 Å². The highest BCUT2D eigenvalue weighted by Crippen LogP contribution is 2.41. The van der Waals surface area contributed by atoms with Gasteiger partial charge in [-0.25, -0.2) is 8.42 Å². The number of nitrogens with one attached hydrogen (secondary N) is 1. The third-order valence-corrected chi connectivity index (χ3v) is 14.4. The molecule has 2 aromatic carbocycles. The second-order valence-corrected chi connectivity index (χ2v) is 20.6. The second-order valence-electron chi connectivity index (χ2n) is 18.4. The molecule has 0 fully saturated rings. The standard InChI is InChI=1S/C51H81N5O9S/c1-6-7-8-9-10-11-12-13-14-15-18-29-66(62,63)35-41(19-16-17-24-52)51(61)56(5)49-40-21-23-48(65-28-26-54)43(34-40)42-32-39(20-22-47(42)64-27-25-53)33-44(45(58)30-36(2)38(4)57)55-50(60)37(3)31-46(49)59/h20-23,32,34,36-37,41,44,49H,6-19,24-31,33,35,52-54H2,1-5H3,(H,55,60)/t36-,37-,41-,44+,49+/m1/s1. The Labute approximate surface area is 395 Å². The maximum Gasteiger partial charge on any atom is 0.227 e. The molecule has 4 bridgehead atoms. The van der Waals surface area contributed by atoms with Crippen LogP contribution < -0.4 is 32.0 Å². The Balaban J connectivity index is 2.06. The summed E-state index contributed by atoms with van der Waals surface area (Å²) in [5.74, 6) is -3.95. The van der Waals surface area contributed by atoms with Crippen molar-refractivity contribution >= 4 is 39.0 Å². The predicted molar refractivity (Wildman–Crippen MR) is 262 cm³/mol. The van der Waals surface area contributed by atoms with Gasteiger partial charge in [0.1, 0.15) is 36.5 Å². The first kappa shape index (κ1) is 56.1. The average molecular weight is 940 g/mol. The number of unbranched alkanes of at least 4 members (excludes halogenated alkanes) is 11. The molecule has 1 aliphatic rings. The number of fused-ring (bicyclic) bond motifs is 5. The molecular weight excluding hydrogens is 859 g/mol. The van der Waals surface area contributed by atoms with Gasteiger partial charge in [-0.2, -0.15) is 0 Å². The molecular formula is C51H81N5O9S. The lowest BCUT2D eigenvalue weighted by atomic mass is 9.88. The van der Waals surface area contributed by atoms with Gasteiger partial charge in [0, 0.05) is 55.9 Å². The van der Waals surface area contributed by atoms with Gasteiger partial charge in [-0.05, 0) is 74.5 Å². The molecule has 2 aromatic rings. The van der Waals surface area contributed by atoms with Crippen molar-refractivity contribution in [3.05, 3.63) is 47.5 Å². The van der Waals surface area contributed by atoms with Gasteiger partial charge in [-0.3, -0.25) is 24.0 Å². The topological polar surface area (TPSA) is 231 Å². The molecule has 15 heteroatoms. The number of likely N-dealkylation sites (N-methyl/N-ethyl adjacent to an activating group) is 1. The summed E-state index contributed by atoms with van der Waals surface area (Å²) in [5.41, 5.74) is 19.7. The SMILES string of the molecule is CCCCCCCCCCCCCS(=O)(=O)C[C@@H](CCCCN)C(=O)N(C)[C@@H]1C(=O)C[C@@H](C)C(=O)N[C@H](C(=O)C[C@@H](C)C(C)=O)Cc2ccc(OCCN)c(c2)-c2cc1ccc2OCCN. The normalized spacial score (nSPS) is 17.6. The molecule has 0 aromatic heterocycles. The van der Waals surface area contributed by atoms with Gasteiger partial charge in [0.15, 0.2) is 21.4 Å². The van der Waals surface area contributed by atoms with Gasteiger partial charge in [0.2, 0.25) is 11.8 Å². The van der Waals surface area contributed by atoms with Crippen molar-refractivity contribution in [1.29, 1.82) is 0 Å². The summed E-state index contributed by atoms with van der Waals surface area (Å²) in [4.78, 5) is 70.8. The molecule has 0 unspecified atom stereocenters. The molecule has 0 radical (unpaired) electrons. The molecule has 0 saturated carbocycles. The molecule has 2 amide bonds. The number of rotatable bonds is 30. The Kier molecular flexibility index (Phi) is 25.1. The summed E-state index contributed by atoms with van der Waals surface area (Å²) in [7, 11) is -2.15. The lowest BCUT2D eigenvalue weighted by Crippen LogP contribution is -2.46. The highest BCUT2D eigenvalue weighted by Gasteiger charge is 2.37. The van der Waals surface area contributed by atoms with Crippen LogP contribution in [0.3, 0.4) is 0 Å². The van der Waals surface area contributed by atoms with Crippen LogP contribution in [0.15, 0.2) is 36.4 Å². The zero-order chi connectivity index (χ0) is 48.6. The van der Waals surface area contributed by atoms with E-state index in [-0.39, 0.29) is 75.1 Å². The molecule has 0 spiro atoms. The summed E-state index contributed by atoms with van der Waals surface area (Å²) < 4.78 is 39.7. The fourth-order valence-electron chi connectivity index (χ4n) is 8.55. The number of nitrogens with zero attached hydrogens (tertiary/aromatic N) is 1. The Bertz CT molecular complexity index is 1980. The third kappa shape index (κ3) is 18.5. The molecule has 0 saturated heterocycles. The molecule has 66 heavy (non-hydrogen) atoms. The molecule has 3 rings (SSSR count). The number of sulfone groups is 1. The van der Waals surface area contributed by atoms with Crippen molar-refractivity contribution in [2.75, 3.05) is 51.4 Å². The highest BCUT2D eigenvalue weighted by atomic mass is 32.2. The summed E-state index contributed by atoms with van der Waals surface area (Å²) >= 11 is 0. The van der Waals surface area contributed by atoms with Crippen LogP contribution in [0, 0.1) is 17.8 Å². The van der Waals surface area contributed by atoms with Gasteiger partial charge in [-0.15, -0.1) is 0 Å². The van der Waals surface area contributed by atoms with E-state index in [1.54, 1.807) is 44.2 Å². The summed E-state index contributed by atoms with van der Waals surface area (Å²) in [6.07, 6.45) is 13.1. The minimum atomic E-state index is -3.66. The first-order valence-electron chi connectivity index (χ1n) is 24.5. The van der Waals surface area contributed by atoms with E-state index >= 15 is 0 Å². The summed E-state index contributed by atoms with van der Waals surface area (Å²) in [6, 6.07) is 8.26. The number of carbonyl (C=O) groups excluding carboxylic acids is 5. The van der Waals surface area contributed by atoms with Crippen LogP contribution in [0.5, 0.6) is 11.5 Å². The van der Waals surface area contributed by atoms with Crippen molar-refractivity contribution in [2.45, 2.75) is 149 Å². The van der Waals surface area contributed by atoms with E-state index in [9.17, 15) is 32.4 Å². The minimum absolute atomic E-state index is 0.0260. The first-order valence-corrected chi connectivity index (χ1v) is 26.4. The van der Waals surface area contributed by atoms with Crippen LogP contribution in [0.4, 0.5) is 0 Å². The van der Waals surface area contributed by atoms with Crippen molar-refractivity contribution < 1.29 is 41.9 Å². The van der Waals surface area contributed by atoms with E-state index in [0.29, 0.717) is 59.6 Å². The Morgan fingerprint density at radius 1 is 0.788 bits per heavy atom. The summed E-state index contributed by atoms with van der Waals surface area (Å²) in [5, 5.41) is 2.88. The number of ketones is 3. The number of hydrogen-bond acceptors (Lipinski definition) is 12. The number of ether oxygens (including phenoxy) is 2. The molecule has 1 aliphatic heterocycles. The van der Waals surface area contributed by atoms with Crippen LogP contribution in [-0.4, -0.2) is 99.9 Å². The lowest BCUT2D eigenvalue weighted by Gasteiger charge is -2.32. The molecule has 1 heterocycles. The molecule has 370 valence electrons. The molecule has 0 aliphatic carbocycles. The molecule has 5 atom stereocenters. The van der Waals surface area contributed by atoms with E-state index in [4.69, 9.17) is 26.7 Å². The first-order chi connectivity index (χ1) is 31.6. The number of Topliss-reactive ketones (excluding diaryl/α,β-unsaturated/α-hetero) is 3. The summed E-state index contributed by atoms with van der Waals surface area (Å²) in [6.45, 7) is 8.04. The minimum Gasteiger partial charge on any atom is -0.492 e. The third-order valence-electron chi connectivity index (χ3n) is 12.6. The smallest absolute Gasteiger partial charge is 0.227 e. The number of carbonyl (C=O) groups is 5. The van der Waals surface area contributed by atoms with Crippen molar-refractivity contribution in [2.24, 2.45) is 35.0 Å². The maximum absolute atomic E-state index is 14.8. The fourth-order valence-corrected chi connectivity index (χ4v) is 10.3. The monoisotopic (exact) mass is 940 g/mol. The average Bonchev–Trinajstić information content (AvgIpc) is 3.28. The van der Waals surface area contributed by atoms with Gasteiger partial charge in [0.25, 0.3) is 0 Å². The van der Waals surface area contributed by atoms with E-state index < -0.39 is 57.3 Å². The fraction of sp³-hybridized carbons (Fsp3) is 0.667. The second kappa shape index (κ2) is 29.6. The molecule has 14 nitrogen and oxygen atoms in total. The highest BCUT2D eigenvalue weighted by molar-refractivity contribution is 7.91. The molecule has 7 N–H and O–H groups in total. The van der Waals surface area contributed by atoms with Crippen LogP contribution in [0.25, 0.3) is 11.1 Å².